The standard InChI is InChI=1S/C19H26N4O3/c1-4-5-8-11-23-19(26)15-10-7-6-9-14(15)17(22-23)18(25)21-20-16(24)12-13(2)3/h6-7,9-10,13H,4-5,8,11-12H2,1-3H3,(H,20,24)(H,21,25). The minimum absolute atomic E-state index is 0.126. The van der Waals surface area contributed by atoms with Crippen molar-refractivity contribution in [1.29, 1.82) is 0 Å². The molecule has 2 aromatic rings. The van der Waals surface area contributed by atoms with Gasteiger partial charge < -0.3 is 0 Å². The molecule has 26 heavy (non-hydrogen) atoms. The van der Waals surface area contributed by atoms with Gasteiger partial charge in [-0.2, -0.15) is 5.10 Å². The summed E-state index contributed by atoms with van der Waals surface area (Å²) in [6.45, 7) is 6.37. The van der Waals surface area contributed by atoms with Crippen molar-refractivity contribution in [3.63, 3.8) is 0 Å². The van der Waals surface area contributed by atoms with Crippen LogP contribution in [0, 0.1) is 5.92 Å². The molecule has 1 heterocycles. The zero-order valence-corrected chi connectivity index (χ0v) is 15.5. The topological polar surface area (TPSA) is 93.1 Å². The van der Waals surface area contributed by atoms with E-state index in [0.29, 0.717) is 23.7 Å². The number of hydrogen-bond donors (Lipinski definition) is 2. The van der Waals surface area contributed by atoms with E-state index in [4.69, 9.17) is 0 Å². The Morgan fingerprint density at radius 1 is 1.12 bits per heavy atom. The normalized spacial score (nSPS) is 10.9. The maximum Gasteiger partial charge on any atom is 0.290 e. The van der Waals surface area contributed by atoms with Crippen molar-refractivity contribution >= 4 is 22.6 Å². The van der Waals surface area contributed by atoms with Crippen molar-refractivity contribution in [2.75, 3.05) is 0 Å². The number of aryl methyl sites for hydroxylation is 1. The number of fused-ring (bicyclic) bond motifs is 1. The zero-order chi connectivity index (χ0) is 19.1. The van der Waals surface area contributed by atoms with Crippen LogP contribution in [-0.4, -0.2) is 21.6 Å². The largest absolute Gasteiger partial charge is 0.290 e. The first-order valence-electron chi connectivity index (χ1n) is 9.03. The minimum atomic E-state index is -0.539. The van der Waals surface area contributed by atoms with Crippen molar-refractivity contribution in [3.8, 4) is 0 Å². The second kappa shape index (κ2) is 9.12. The van der Waals surface area contributed by atoms with E-state index in [9.17, 15) is 14.4 Å². The Bertz CT molecular complexity index is 842. The summed E-state index contributed by atoms with van der Waals surface area (Å²) in [6.07, 6.45) is 3.13. The molecular formula is C19H26N4O3. The molecule has 0 fully saturated rings. The SMILES string of the molecule is CCCCCn1nc(C(=O)NNC(=O)CC(C)C)c2ccccc2c1=O. The number of nitrogens with zero attached hydrogens (tertiary/aromatic N) is 2. The molecule has 0 spiro atoms. The molecule has 1 aromatic heterocycles. The van der Waals surface area contributed by atoms with Gasteiger partial charge in [0.25, 0.3) is 11.5 Å². The Morgan fingerprint density at radius 2 is 1.81 bits per heavy atom. The predicted molar refractivity (Wildman–Crippen MR) is 101 cm³/mol. The van der Waals surface area contributed by atoms with E-state index in [1.165, 1.54) is 4.68 Å². The fourth-order valence-electron chi connectivity index (χ4n) is 2.67. The lowest BCUT2D eigenvalue weighted by Crippen LogP contribution is -2.43. The molecular weight excluding hydrogens is 332 g/mol. The molecule has 0 aliphatic heterocycles. The lowest BCUT2D eigenvalue weighted by atomic mass is 10.1. The van der Waals surface area contributed by atoms with Gasteiger partial charge in [-0.1, -0.05) is 51.8 Å². The van der Waals surface area contributed by atoms with Crippen molar-refractivity contribution in [1.82, 2.24) is 20.6 Å². The number of unbranched alkanes of at least 4 members (excludes halogenated alkanes) is 2. The highest BCUT2D eigenvalue weighted by Gasteiger charge is 2.17. The van der Waals surface area contributed by atoms with Crippen molar-refractivity contribution < 1.29 is 9.59 Å². The van der Waals surface area contributed by atoms with Gasteiger partial charge in [0, 0.05) is 18.4 Å². The van der Waals surface area contributed by atoms with E-state index >= 15 is 0 Å². The van der Waals surface area contributed by atoms with Gasteiger partial charge in [-0.15, -0.1) is 0 Å². The Morgan fingerprint density at radius 3 is 2.46 bits per heavy atom. The summed E-state index contributed by atoms with van der Waals surface area (Å²) in [7, 11) is 0. The molecule has 0 bridgehead atoms. The summed E-state index contributed by atoms with van der Waals surface area (Å²) in [4.78, 5) is 36.9. The molecule has 7 nitrogen and oxygen atoms in total. The maximum absolute atomic E-state index is 12.6. The summed E-state index contributed by atoms with van der Waals surface area (Å²) < 4.78 is 1.34. The Labute approximate surface area is 152 Å². The molecule has 0 unspecified atom stereocenters. The number of hydrogen-bond acceptors (Lipinski definition) is 4. The Hall–Kier alpha value is -2.70. The summed E-state index contributed by atoms with van der Waals surface area (Å²) in [5.74, 6) is -0.622. The number of aromatic nitrogens is 2. The molecule has 2 amide bonds. The van der Waals surface area contributed by atoms with Gasteiger partial charge in [-0.05, 0) is 18.4 Å². The van der Waals surface area contributed by atoms with E-state index in [2.05, 4.69) is 22.9 Å². The van der Waals surface area contributed by atoms with Gasteiger partial charge in [-0.3, -0.25) is 25.2 Å². The van der Waals surface area contributed by atoms with E-state index in [1.807, 2.05) is 13.8 Å². The summed E-state index contributed by atoms with van der Waals surface area (Å²) >= 11 is 0. The van der Waals surface area contributed by atoms with Gasteiger partial charge in [0.05, 0.1) is 5.39 Å². The lowest BCUT2D eigenvalue weighted by Gasteiger charge is -2.12. The molecule has 0 aliphatic carbocycles. The maximum atomic E-state index is 12.6. The molecule has 2 N–H and O–H groups in total. The summed E-state index contributed by atoms with van der Waals surface area (Å²) in [5, 5.41) is 5.17. The summed E-state index contributed by atoms with van der Waals surface area (Å²) in [6, 6.07) is 6.87. The number of carbonyl (C=O) groups is 2. The summed E-state index contributed by atoms with van der Waals surface area (Å²) in [5.41, 5.74) is 4.71. The number of hydrazine groups is 1. The molecule has 0 saturated carbocycles. The fraction of sp³-hybridized carbons (Fsp3) is 0.474. The van der Waals surface area contributed by atoms with Crippen LogP contribution in [-0.2, 0) is 11.3 Å². The minimum Gasteiger partial charge on any atom is -0.273 e. The van der Waals surface area contributed by atoms with Crippen LogP contribution in [0.4, 0.5) is 0 Å². The first-order valence-corrected chi connectivity index (χ1v) is 9.03. The van der Waals surface area contributed by atoms with Crippen LogP contribution in [0.3, 0.4) is 0 Å². The molecule has 140 valence electrons. The van der Waals surface area contributed by atoms with Crippen molar-refractivity contribution in [2.45, 2.75) is 53.0 Å². The predicted octanol–water partition coefficient (Wildman–Crippen LogP) is 2.39. The highest BCUT2D eigenvalue weighted by Crippen LogP contribution is 2.13. The quantitative estimate of drug-likeness (QED) is 0.587. The van der Waals surface area contributed by atoms with E-state index in [1.54, 1.807) is 24.3 Å². The van der Waals surface area contributed by atoms with Gasteiger partial charge in [0.2, 0.25) is 5.91 Å². The second-order valence-corrected chi connectivity index (χ2v) is 6.73. The van der Waals surface area contributed by atoms with E-state index < -0.39 is 5.91 Å². The Kier molecular flexibility index (Phi) is 6.89. The number of nitrogens with one attached hydrogen (secondary N) is 2. The molecule has 0 atom stereocenters. The number of amides is 2. The van der Waals surface area contributed by atoms with E-state index in [-0.39, 0.29) is 23.1 Å². The van der Waals surface area contributed by atoms with Gasteiger partial charge in [0.15, 0.2) is 5.69 Å². The fourth-order valence-corrected chi connectivity index (χ4v) is 2.67. The van der Waals surface area contributed by atoms with Crippen LogP contribution in [0.25, 0.3) is 10.8 Å². The third-order valence-corrected chi connectivity index (χ3v) is 3.97. The van der Waals surface area contributed by atoms with Crippen molar-refractivity contribution in [2.24, 2.45) is 5.92 Å². The number of carbonyl (C=O) groups excluding carboxylic acids is 2. The first-order chi connectivity index (χ1) is 12.4. The van der Waals surface area contributed by atoms with Gasteiger partial charge in [-0.25, -0.2) is 4.68 Å². The van der Waals surface area contributed by atoms with Gasteiger partial charge in [0.1, 0.15) is 0 Å². The third-order valence-electron chi connectivity index (χ3n) is 3.97. The number of rotatable bonds is 7. The molecule has 0 aliphatic rings. The second-order valence-electron chi connectivity index (χ2n) is 6.73. The van der Waals surface area contributed by atoms with Crippen molar-refractivity contribution in [3.05, 3.63) is 40.3 Å². The van der Waals surface area contributed by atoms with Crippen LogP contribution in [0.1, 0.15) is 56.9 Å². The smallest absolute Gasteiger partial charge is 0.273 e. The Balaban J connectivity index is 2.29. The first kappa shape index (κ1) is 19.6. The number of benzene rings is 1. The highest BCUT2D eigenvalue weighted by molar-refractivity contribution is 6.05. The molecule has 1 aromatic carbocycles. The van der Waals surface area contributed by atoms with Crippen LogP contribution < -0.4 is 16.4 Å². The van der Waals surface area contributed by atoms with Crippen LogP contribution in [0.5, 0.6) is 0 Å². The van der Waals surface area contributed by atoms with Gasteiger partial charge >= 0.3 is 0 Å². The third kappa shape index (κ3) is 4.91. The lowest BCUT2D eigenvalue weighted by molar-refractivity contribution is -0.122. The van der Waals surface area contributed by atoms with Crippen LogP contribution in [0.15, 0.2) is 29.1 Å². The monoisotopic (exact) mass is 358 g/mol. The molecule has 0 saturated heterocycles. The zero-order valence-electron chi connectivity index (χ0n) is 15.5. The van der Waals surface area contributed by atoms with Crippen LogP contribution >= 0.6 is 0 Å². The average Bonchev–Trinajstić information content (AvgIpc) is 2.61. The highest BCUT2D eigenvalue weighted by atomic mass is 16.2. The molecule has 7 heteroatoms. The average molecular weight is 358 g/mol. The van der Waals surface area contributed by atoms with E-state index in [0.717, 1.165) is 19.3 Å². The van der Waals surface area contributed by atoms with Crippen LogP contribution in [0.2, 0.25) is 0 Å². The molecule has 0 radical (unpaired) electrons. The molecule has 2 rings (SSSR count).